The van der Waals surface area contributed by atoms with Gasteiger partial charge in [-0.3, -0.25) is 14.5 Å². The highest BCUT2D eigenvalue weighted by Gasteiger charge is 2.24. The van der Waals surface area contributed by atoms with Crippen molar-refractivity contribution in [2.24, 2.45) is 0 Å². The molecule has 0 aromatic heterocycles. The van der Waals surface area contributed by atoms with E-state index >= 15 is 0 Å². The van der Waals surface area contributed by atoms with E-state index in [-0.39, 0.29) is 18.2 Å². The highest BCUT2D eigenvalue weighted by molar-refractivity contribution is 5.97. The van der Waals surface area contributed by atoms with Gasteiger partial charge in [0.25, 0.3) is 0 Å². The topological polar surface area (TPSA) is 69.6 Å². The van der Waals surface area contributed by atoms with Crippen LogP contribution >= 0.6 is 0 Å². The predicted molar refractivity (Wildman–Crippen MR) is 95.2 cm³/mol. The minimum atomic E-state index is -0.458. The number of anilines is 1. The molecule has 0 radical (unpaired) electrons. The standard InChI is InChI=1S/C19H28N2O3/c1-14(22)12-21(18-9-4-3-5-10-18)13-19(24)20-17-8-6-7-16(11-17)15(2)23/h6-8,11,14,18,22H,3-5,9-10,12-13H2,1-2H3,(H,20,24). The van der Waals surface area contributed by atoms with Crippen molar-refractivity contribution < 1.29 is 14.7 Å². The summed E-state index contributed by atoms with van der Waals surface area (Å²) in [5, 5.41) is 12.6. The van der Waals surface area contributed by atoms with Crippen LogP contribution in [0.3, 0.4) is 0 Å². The van der Waals surface area contributed by atoms with Crippen molar-refractivity contribution in [1.82, 2.24) is 4.90 Å². The van der Waals surface area contributed by atoms with Crippen LogP contribution in [0.2, 0.25) is 0 Å². The average molecular weight is 332 g/mol. The van der Waals surface area contributed by atoms with Crippen LogP contribution in [0.5, 0.6) is 0 Å². The summed E-state index contributed by atoms with van der Waals surface area (Å²) in [6.07, 6.45) is 5.33. The summed E-state index contributed by atoms with van der Waals surface area (Å²) in [6.45, 7) is 4.03. The third-order valence-electron chi connectivity index (χ3n) is 4.49. The van der Waals surface area contributed by atoms with Crippen LogP contribution in [-0.2, 0) is 4.79 Å². The van der Waals surface area contributed by atoms with E-state index in [0.717, 1.165) is 12.8 Å². The van der Waals surface area contributed by atoms with Gasteiger partial charge in [0.05, 0.1) is 12.6 Å². The second-order valence-electron chi connectivity index (χ2n) is 6.76. The number of amides is 1. The second-order valence-corrected chi connectivity index (χ2v) is 6.76. The Morgan fingerprint density at radius 2 is 2.00 bits per heavy atom. The molecule has 2 N–H and O–H groups in total. The molecule has 1 atom stereocenters. The van der Waals surface area contributed by atoms with Gasteiger partial charge in [0, 0.05) is 23.8 Å². The molecule has 0 saturated heterocycles. The number of aliphatic hydroxyl groups excluding tert-OH is 1. The van der Waals surface area contributed by atoms with E-state index in [4.69, 9.17) is 0 Å². The zero-order chi connectivity index (χ0) is 17.5. The van der Waals surface area contributed by atoms with Gasteiger partial charge in [-0.1, -0.05) is 31.4 Å². The molecular formula is C19H28N2O3. The van der Waals surface area contributed by atoms with E-state index in [1.807, 2.05) is 0 Å². The average Bonchev–Trinajstić information content (AvgIpc) is 2.55. The molecule has 1 unspecified atom stereocenters. The Bertz CT molecular complexity index is 565. The van der Waals surface area contributed by atoms with Gasteiger partial charge in [-0.2, -0.15) is 0 Å². The van der Waals surface area contributed by atoms with Crippen LogP contribution in [0.1, 0.15) is 56.3 Å². The SMILES string of the molecule is CC(=O)c1cccc(NC(=O)CN(CC(C)O)C2CCCCC2)c1. The molecule has 1 aliphatic carbocycles. The first-order chi connectivity index (χ1) is 11.5. The molecule has 132 valence electrons. The summed E-state index contributed by atoms with van der Waals surface area (Å²) >= 11 is 0. The van der Waals surface area contributed by atoms with E-state index in [1.54, 1.807) is 31.2 Å². The van der Waals surface area contributed by atoms with Crippen LogP contribution in [0.4, 0.5) is 5.69 Å². The van der Waals surface area contributed by atoms with Crippen molar-refractivity contribution in [2.75, 3.05) is 18.4 Å². The lowest BCUT2D eigenvalue weighted by Crippen LogP contribution is -2.45. The van der Waals surface area contributed by atoms with Gasteiger partial charge in [0.2, 0.25) is 5.91 Å². The summed E-state index contributed by atoms with van der Waals surface area (Å²) < 4.78 is 0. The molecule has 2 rings (SSSR count). The first-order valence-corrected chi connectivity index (χ1v) is 8.78. The molecule has 1 saturated carbocycles. The number of carbonyl (C=O) groups is 2. The van der Waals surface area contributed by atoms with Crippen LogP contribution < -0.4 is 5.32 Å². The van der Waals surface area contributed by atoms with Crippen molar-refractivity contribution in [2.45, 2.75) is 58.1 Å². The molecule has 5 nitrogen and oxygen atoms in total. The fraction of sp³-hybridized carbons (Fsp3) is 0.579. The quantitative estimate of drug-likeness (QED) is 0.753. The van der Waals surface area contributed by atoms with Crippen LogP contribution in [-0.4, -0.2) is 46.9 Å². The molecule has 0 heterocycles. The highest BCUT2D eigenvalue weighted by Crippen LogP contribution is 2.23. The summed E-state index contributed by atoms with van der Waals surface area (Å²) in [7, 11) is 0. The van der Waals surface area contributed by atoms with E-state index in [0.29, 0.717) is 23.8 Å². The van der Waals surface area contributed by atoms with E-state index in [1.165, 1.54) is 26.2 Å². The number of carbonyl (C=O) groups excluding carboxylic acids is 2. The second kappa shape index (κ2) is 8.94. The van der Waals surface area contributed by atoms with Crippen LogP contribution in [0, 0.1) is 0 Å². The number of hydrogen-bond donors (Lipinski definition) is 2. The molecule has 1 amide bonds. The lowest BCUT2D eigenvalue weighted by atomic mass is 9.94. The first-order valence-electron chi connectivity index (χ1n) is 8.78. The number of benzene rings is 1. The fourth-order valence-corrected chi connectivity index (χ4v) is 3.33. The Hall–Kier alpha value is -1.72. The van der Waals surface area contributed by atoms with Crippen molar-refractivity contribution in [1.29, 1.82) is 0 Å². The van der Waals surface area contributed by atoms with Gasteiger partial charge in [-0.25, -0.2) is 0 Å². The lowest BCUT2D eigenvalue weighted by Gasteiger charge is -2.34. The summed E-state index contributed by atoms with van der Waals surface area (Å²) in [5.74, 6) is -0.133. The highest BCUT2D eigenvalue weighted by atomic mass is 16.3. The normalized spacial score (nSPS) is 16.8. The summed E-state index contributed by atoms with van der Waals surface area (Å²) in [6, 6.07) is 7.34. The van der Waals surface area contributed by atoms with Gasteiger partial charge in [0.15, 0.2) is 5.78 Å². The number of nitrogens with one attached hydrogen (secondary N) is 1. The van der Waals surface area contributed by atoms with Gasteiger partial charge < -0.3 is 10.4 Å². The van der Waals surface area contributed by atoms with E-state index < -0.39 is 6.10 Å². The summed E-state index contributed by atoms with van der Waals surface area (Å²) in [4.78, 5) is 25.9. The molecule has 1 aliphatic rings. The third kappa shape index (κ3) is 5.73. The monoisotopic (exact) mass is 332 g/mol. The molecule has 0 bridgehead atoms. The number of rotatable bonds is 7. The minimum Gasteiger partial charge on any atom is -0.392 e. The maximum Gasteiger partial charge on any atom is 0.238 e. The van der Waals surface area contributed by atoms with E-state index in [2.05, 4.69) is 10.2 Å². The molecule has 5 heteroatoms. The largest absolute Gasteiger partial charge is 0.392 e. The maximum absolute atomic E-state index is 12.4. The van der Waals surface area contributed by atoms with Crippen LogP contribution in [0.25, 0.3) is 0 Å². The molecular weight excluding hydrogens is 304 g/mol. The van der Waals surface area contributed by atoms with Crippen molar-refractivity contribution in [3.05, 3.63) is 29.8 Å². The number of nitrogens with zero attached hydrogens (tertiary/aromatic N) is 1. The maximum atomic E-state index is 12.4. The van der Waals surface area contributed by atoms with Gasteiger partial charge in [-0.05, 0) is 38.8 Å². The van der Waals surface area contributed by atoms with Crippen molar-refractivity contribution in [3.63, 3.8) is 0 Å². The Morgan fingerprint density at radius 3 is 2.62 bits per heavy atom. The number of ketones is 1. The lowest BCUT2D eigenvalue weighted by molar-refractivity contribution is -0.118. The van der Waals surface area contributed by atoms with Gasteiger partial charge in [0.1, 0.15) is 0 Å². The zero-order valence-corrected chi connectivity index (χ0v) is 14.6. The minimum absolute atomic E-state index is 0.0240. The Kier molecular flexibility index (Phi) is 6.94. The van der Waals surface area contributed by atoms with Crippen molar-refractivity contribution >= 4 is 17.4 Å². The van der Waals surface area contributed by atoms with Gasteiger partial charge in [-0.15, -0.1) is 0 Å². The molecule has 24 heavy (non-hydrogen) atoms. The fourth-order valence-electron chi connectivity index (χ4n) is 3.33. The van der Waals surface area contributed by atoms with Crippen LogP contribution in [0.15, 0.2) is 24.3 Å². The van der Waals surface area contributed by atoms with Crippen molar-refractivity contribution in [3.8, 4) is 0 Å². The molecule has 0 aliphatic heterocycles. The Morgan fingerprint density at radius 1 is 1.29 bits per heavy atom. The number of Topliss-reactive ketones (excluding diaryl/α,β-unsaturated/α-hetero) is 1. The summed E-state index contributed by atoms with van der Waals surface area (Å²) in [5.41, 5.74) is 1.22. The Balaban J connectivity index is 1.98. The molecule has 1 fully saturated rings. The molecule has 0 spiro atoms. The first kappa shape index (κ1) is 18.6. The van der Waals surface area contributed by atoms with E-state index in [9.17, 15) is 14.7 Å². The smallest absolute Gasteiger partial charge is 0.238 e. The predicted octanol–water partition coefficient (Wildman–Crippen LogP) is 2.84. The third-order valence-corrected chi connectivity index (χ3v) is 4.49. The molecule has 1 aromatic carbocycles. The number of hydrogen-bond acceptors (Lipinski definition) is 4. The number of aliphatic hydroxyl groups is 1. The van der Waals surface area contributed by atoms with Gasteiger partial charge >= 0.3 is 0 Å². The Labute approximate surface area is 144 Å². The zero-order valence-electron chi connectivity index (χ0n) is 14.6. The molecule has 1 aromatic rings.